The Morgan fingerprint density at radius 2 is 2.13 bits per heavy atom. The summed E-state index contributed by atoms with van der Waals surface area (Å²) >= 11 is 1.18. The van der Waals surface area contributed by atoms with Crippen molar-refractivity contribution >= 4 is 27.3 Å². The maximum Gasteiger partial charge on any atom is 0.252 e. The molecule has 0 saturated carbocycles. The fourth-order valence-electron chi connectivity index (χ4n) is 2.38. The molecule has 0 aliphatic carbocycles. The van der Waals surface area contributed by atoms with Crippen molar-refractivity contribution in [3.63, 3.8) is 0 Å². The van der Waals surface area contributed by atoms with Gasteiger partial charge >= 0.3 is 0 Å². The first kappa shape index (κ1) is 18.3. The van der Waals surface area contributed by atoms with E-state index in [0.29, 0.717) is 23.9 Å². The summed E-state index contributed by atoms with van der Waals surface area (Å²) in [5, 5.41) is 4.92. The third-order valence-corrected chi connectivity index (χ3v) is 6.95. The molecule has 0 spiro atoms. The number of thiophene rings is 1. The van der Waals surface area contributed by atoms with Crippen LogP contribution in [0.15, 0.2) is 21.7 Å². The van der Waals surface area contributed by atoms with Crippen molar-refractivity contribution in [1.29, 1.82) is 0 Å². The van der Waals surface area contributed by atoms with Gasteiger partial charge in [0.2, 0.25) is 5.91 Å². The van der Waals surface area contributed by atoms with Crippen molar-refractivity contribution in [1.82, 2.24) is 14.5 Å². The van der Waals surface area contributed by atoms with Crippen LogP contribution in [0.5, 0.6) is 0 Å². The molecule has 2 heterocycles. The number of nitrogens with one attached hydrogen (secondary N) is 1. The quantitative estimate of drug-likeness (QED) is 0.716. The molecule has 2 rings (SSSR count). The highest BCUT2D eigenvalue weighted by Gasteiger charge is 2.26. The van der Waals surface area contributed by atoms with Crippen LogP contribution in [0.1, 0.15) is 6.42 Å². The van der Waals surface area contributed by atoms with Gasteiger partial charge in [0.05, 0.1) is 6.61 Å². The number of hydrogen-bond acceptors (Lipinski definition) is 6. The second kappa shape index (κ2) is 8.74. The largest absolute Gasteiger partial charge is 0.383 e. The van der Waals surface area contributed by atoms with E-state index >= 15 is 0 Å². The molecule has 0 atom stereocenters. The van der Waals surface area contributed by atoms with Crippen molar-refractivity contribution in [2.45, 2.75) is 10.6 Å². The van der Waals surface area contributed by atoms with E-state index in [1.54, 1.807) is 22.4 Å². The van der Waals surface area contributed by atoms with Crippen LogP contribution in [-0.4, -0.2) is 76.5 Å². The summed E-state index contributed by atoms with van der Waals surface area (Å²) in [7, 11) is -2.04. The van der Waals surface area contributed by atoms with Gasteiger partial charge in [0.1, 0.15) is 4.21 Å². The van der Waals surface area contributed by atoms with E-state index < -0.39 is 10.0 Å². The number of rotatable bonds is 8. The van der Waals surface area contributed by atoms with E-state index in [-0.39, 0.29) is 25.4 Å². The van der Waals surface area contributed by atoms with Crippen molar-refractivity contribution in [3.05, 3.63) is 17.5 Å². The Balaban J connectivity index is 1.99. The molecular formula is C14H23N3O4S2. The van der Waals surface area contributed by atoms with Gasteiger partial charge in [0.15, 0.2) is 0 Å². The molecule has 1 amide bonds. The fraction of sp³-hybridized carbons (Fsp3) is 0.643. The predicted molar refractivity (Wildman–Crippen MR) is 89.0 cm³/mol. The zero-order valence-electron chi connectivity index (χ0n) is 13.2. The Labute approximate surface area is 141 Å². The first-order valence-electron chi connectivity index (χ1n) is 7.57. The SMILES string of the molecule is COCCN(CCC(=O)N1CCNCC1)S(=O)(=O)c1cccs1. The van der Waals surface area contributed by atoms with Crippen LogP contribution >= 0.6 is 11.3 Å². The first-order chi connectivity index (χ1) is 11.1. The molecule has 1 saturated heterocycles. The molecule has 130 valence electrons. The molecule has 1 aliphatic heterocycles. The second-order valence-corrected chi connectivity index (χ2v) is 8.32. The number of carbonyl (C=O) groups excluding carboxylic acids is 1. The number of amides is 1. The standard InChI is InChI=1S/C14H23N3O4S2/c1-21-11-10-17(23(19,20)14-3-2-12-22-14)7-4-13(18)16-8-5-15-6-9-16/h2-3,12,15H,4-11H2,1H3. The number of ether oxygens (including phenoxy) is 1. The molecule has 9 heteroatoms. The smallest absolute Gasteiger partial charge is 0.252 e. The predicted octanol–water partition coefficient (Wildman–Crippen LogP) is 0.207. The topological polar surface area (TPSA) is 79.0 Å². The van der Waals surface area contributed by atoms with Crippen LogP contribution in [0.3, 0.4) is 0 Å². The Morgan fingerprint density at radius 1 is 1.39 bits per heavy atom. The van der Waals surface area contributed by atoms with Gasteiger partial charge in [-0.3, -0.25) is 4.79 Å². The van der Waals surface area contributed by atoms with Gasteiger partial charge in [-0.2, -0.15) is 4.31 Å². The van der Waals surface area contributed by atoms with Gasteiger partial charge in [-0.25, -0.2) is 8.42 Å². The maximum absolute atomic E-state index is 12.6. The minimum Gasteiger partial charge on any atom is -0.383 e. The van der Waals surface area contributed by atoms with Crippen LogP contribution < -0.4 is 5.32 Å². The van der Waals surface area contributed by atoms with Crippen LogP contribution in [-0.2, 0) is 19.6 Å². The molecule has 7 nitrogen and oxygen atoms in total. The van der Waals surface area contributed by atoms with Crippen molar-refractivity contribution in [3.8, 4) is 0 Å². The van der Waals surface area contributed by atoms with E-state index in [9.17, 15) is 13.2 Å². The monoisotopic (exact) mass is 361 g/mol. The van der Waals surface area contributed by atoms with Crippen LogP contribution in [0, 0.1) is 0 Å². The third-order valence-electron chi connectivity index (χ3n) is 3.68. The van der Waals surface area contributed by atoms with E-state index in [2.05, 4.69) is 5.32 Å². The Hall–Kier alpha value is -1.00. The van der Waals surface area contributed by atoms with Crippen molar-refractivity contribution in [2.75, 3.05) is 53.0 Å². The normalized spacial score (nSPS) is 16.0. The summed E-state index contributed by atoms with van der Waals surface area (Å²) in [6.45, 7) is 3.63. The summed E-state index contributed by atoms with van der Waals surface area (Å²) < 4.78 is 31.9. The molecule has 0 radical (unpaired) electrons. The summed E-state index contributed by atoms with van der Waals surface area (Å²) in [6, 6.07) is 3.29. The van der Waals surface area contributed by atoms with Crippen LogP contribution in [0.2, 0.25) is 0 Å². The number of hydrogen-bond donors (Lipinski definition) is 1. The molecule has 0 bridgehead atoms. The number of carbonyl (C=O) groups is 1. The zero-order chi connectivity index (χ0) is 16.7. The highest BCUT2D eigenvalue weighted by atomic mass is 32.2. The third kappa shape index (κ3) is 4.98. The molecule has 1 N–H and O–H groups in total. The van der Waals surface area contributed by atoms with Gasteiger partial charge in [-0.15, -0.1) is 11.3 Å². The molecule has 0 unspecified atom stereocenters. The average Bonchev–Trinajstić information content (AvgIpc) is 3.10. The van der Waals surface area contributed by atoms with Crippen LogP contribution in [0.4, 0.5) is 0 Å². The van der Waals surface area contributed by atoms with Gasteiger partial charge in [0.25, 0.3) is 10.0 Å². The Kier molecular flexibility index (Phi) is 6.97. The van der Waals surface area contributed by atoms with Gasteiger partial charge in [-0.1, -0.05) is 6.07 Å². The van der Waals surface area contributed by atoms with E-state index in [1.165, 1.54) is 22.8 Å². The summed E-state index contributed by atoms with van der Waals surface area (Å²) in [6.07, 6.45) is 0.189. The van der Waals surface area contributed by atoms with Gasteiger partial charge in [-0.05, 0) is 11.4 Å². The zero-order valence-corrected chi connectivity index (χ0v) is 14.9. The lowest BCUT2D eigenvalue weighted by molar-refractivity contribution is -0.131. The molecule has 1 fully saturated rings. The van der Waals surface area contributed by atoms with Crippen molar-refractivity contribution in [2.24, 2.45) is 0 Å². The van der Waals surface area contributed by atoms with E-state index in [4.69, 9.17) is 4.74 Å². The van der Waals surface area contributed by atoms with Crippen LogP contribution in [0.25, 0.3) is 0 Å². The molecule has 0 aromatic carbocycles. The molecule has 1 aliphatic rings. The van der Waals surface area contributed by atoms with E-state index in [0.717, 1.165) is 13.1 Å². The first-order valence-corrected chi connectivity index (χ1v) is 9.89. The van der Waals surface area contributed by atoms with Crippen molar-refractivity contribution < 1.29 is 17.9 Å². The number of methoxy groups -OCH3 is 1. The maximum atomic E-state index is 12.6. The molecule has 23 heavy (non-hydrogen) atoms. The minimum absolute atomic E-state index is 0.00436. The lowest BCUT2D eigenvalue weighted by atomic mass is 10.3. The highest BCUT2D eigenvalue weighted by Crippen LogP contribution is 2.21. The lowest BCUT2D eigenvalue weighted by Crippen LogP contribution is -2.47. The minimum atomic E-state index is -3.57. The number of sulfonamides is 1. The molecular weight excluding hydrogens is 338 g/mol. The number of piperazine rings is 1. The Bertz CT molecular complexity index is 583. The summed E-state index contributed by atoms with van der Waals surface area (Å²) in [5.74, 6) is -0.00436. The fourth-order valence-corrected chi connectivity index (χ4v) is 4.94. The highest BCUT2D eigenvalue weighted by molar-refractivity contribution is 7.91. The van der Waals surface area contributed by atoms with Gasteiger partial charge < -0.3 is 15.0 Å². The van der Waals surface area contributed by atoms with Gasteiger partial charge in [0, 0.05) is 52.8 Å². The molecule has 1 aromatic heterocycles. The average molecular weight is 361 g/mol. The summed E-state index contributed by atoms with van der Waals surface area (Å²) in [4.78, 5) is 14.0. The van der Waals surface area contributed by atoms with E-state index in [1.807, 2.05) is 0 Å². The summed E-state index contributed by atoms with van der Waals surface area (Å²) in [5.41, 5.74) is 0. The number of nitrogens with zero attached hydrogens (tertiary/aromatic N) is 2. The Morgan fingerprint density at radius 3 is 2.74 bits per heavy atom. The molecule has 1 aromatic rings. The lowest BCUT2D eigenvalue weighted by Gasteiger charge is -2.28. The second-order valence-electron chi connectivity index (χ2n) is 5.21.